The van der Waals surface area contributed by atoms with Gasteiger partial charge in [-0.15, -0.1) is 11.3 Å². The highest BCUT2D eigenvalue weighted by Crippen LogP contribution is 2.29. The zero-order valence-electron chi connectivity index (χ0n) is 15.1. The van der Waals surface area contributed by atoms with Crippen molar-refractivity contribution in [1.82, 2.24) is 15.2 Å². The van der Waals surface area contributed by atoms with Crippen LogP contribution in [0, 0.1) is 6.92 Å². The van der Waals surface area contributed by atoms with Crippen LogP contribution in [-0.4, -0.2) is 54.2 Å². The van der Waals surface area contributed by atoms with Crippen molar-refractivity contribution >= 4 is 17.2 Å². The molecule has 130 valence electrons. The van der Waals surface area contributed by atoms with Crippen molar-refractivity contribution in [3.05, 3.63) is 15.6 Å². The Morgan fingerprint density at radius 1 is 1.35 bits per heavy atom. The van der Waals surface area contributed by atoms with Gasteiger partial charge >= 0.3 is 0 Å². The zero-order chi connectivity index (χ0) is 17.2. The molecule has 0 bridgehead atoms. The zero-order valence-corrected chi connectivity index (χ0v) is 15.9. The number of aromatic nitrogens is 1. The van der Waals surface area contributed by atoms with Crippen molar-refractivity contribution < 1.29 is 9.53 Å². The summed E-state index contributed by atoms with van der Waals surface area (Å²) in [7, 11) is 0. The molecular weight excluding hydrogens is 310 g/mol. The number of aryl methyl sites for hydroxylation is 1. The highest BCUT2D eigenvalue weighted by molar-refractivity contribution is 7.14. The van der Waals surface area contributed by atoms with Gasteiger partial charge in [-0.05, 0) is 20.8 Å². The number of carbonyl (C=O) groups excluding carboxylic acids is 1. The van der Waals surface area contributed by atoms with E-state index in [9.17, 15) is 4.79 Å². The summed E-state index contributed by atoms with van der Waals surface area (Å²) in [6, 6.07) is 0. The minimum atomic E-state index is -0.0198. The third kappa shape index (κ3) is 4.99. The summed E-state index contributed by atoms with van der Waals surface area (Å²) in [5, 5.41) is 4.04. The Labute approximate surface area is 143 Å². The number of thiazole rings is 1. The van der Waals surface area contributed by atoms with E-state index in [1.54, 1.807) is 0 Å². The summed E-state index contributed by atoms with van der Waals surface area (Å²) >= 11 is 1.50. The Morgan fingerprint density at radius 2 is 1.96 bits per heavy atom. The van der Waals surface area contributed by atoms with Gasteiger partial charge in [0.1, 0.15) is 4.88 Å². The van der Waals surface area contributed by atoms with E-state index >= 15 is 0 Å². The summed E-state index contributed by atoms with van der Waals surface area (Å²) < 4.78 is 5.73. The van der Waals surface area contributed by atoms with E-state index in [0.717, 1.165) is 35.2 Å². The Kier molecular flexibility index (Phi) is 5.81. The molecule has 2 rings (SSSR count). The largest absolute Gasteiger partial charge is 0.373 e. The van der Waals surface area contributed by atoms with E-state index < -0.39 is 0 Å². The molecular formula is C17H29N3O2S. The Bertz CT molecular complexity index is 541. The number of nitrogens with one attached hydrogen (secondary N) is 1. The van der Waals surface area contributed by atoms with E-state index in [2.05, 4.69) is 49.8 Å². The molecule has 6 heteroatoms. The molecule has 1 fully saturated rings. The molecule has 0 aromatic carbocycles. The quantitative estimate of drug-likeness (QED) is 0.916. The van der Waals surface area contributed by atoms with Gasteiger partial charge in [0.15, 0.2) is 0 Å². The summed E-state index contributed by atoms with van der Waals surface area (Å²) in [4.78, 5) is 20.0. The lowest BCUT2D eigenvalue weighted by Gasteiger charge is -2.35. The number of hydrogen-bond donors (Lipinski definition) is 1. The van der Waals surface area contributed by atoms with Gasteiger partial charge in [0, 0.05) is 31.6 Å². The van der Waals surface area contributed by atoms with Crippen LogP contribution in [0.2, 0.25) is 0 Å². The maximum Gasteiger partial charge on any atom is 0.263 e. The van der Waals surface area contributed by atoms with Crippen LogP contribution in [0.3, 0.4) is 0 Å². The van der Waals surface area contributed by atoms with Crippen LogP contribution in [0.1, 0.15) is 55.0 Å². The van der Waals surface area contributed by atoms with Crippen LogP contribution in [-0.2, 0) is 10.2 Å². The molecule has 0 spiro atoms. The van der Waals surface area contributed by atoms with Crippen LogP contribution in [0.4, 0.5) is 0 Å². The van der Waals surface area contributed by atoms with E-state index in [1.165, 1.54) is 11.3 Å². The van der Waals surface area contributed by atoms with Crippen molar-refractivity contribution in [3.8, 4) is 0 Å². The van der Waals surface area contributed by atoms with Crippen LogP contribution >= 0.6 is 11.3 Å². The molecule has 0 aliphatic carbocycles. The summed E-state index contributed by atoms with van der Waals surface area (Å²) in [6.07, 6.45) is 0.514. The number of nitrogens with zero attached hydrogens (tertiary/aromatic N) is 2. The lowest BCUT2D eigenvalue weighted by molar-refractivity contribution is -0.0672. The highest BCUT2D eigenvalue weighted by Gasteiger charge is 2.24. The molecule has 1 N–H and O–H groups in total. The average molecular weight is 340 g/mol. The third-order valence-corrected chi connectivity index (χ3v) is 5.44. The van der Waals surface area contributed by atoms with Gasteiger partial charge in [-0.25, -0.2) is 4.98 Å². The molecule has 0 radical (unpaired) electrons. The summed E-state index contributed by atoms with van der Waals surface area (Å²) in [5.74, 6) is -0.00939. The number of morpholine rings is 1. The van der Waals surface area contributed by atoms with E-state index in [4.69, 9.17) is 4.74 Å². The van der Waals surface area contributed by atoms with Gasteiger partial charge in [0.2, 0.25) is 0 Å². The second-order valence-electron chi connectivity index (χ2n) is 7.46. The molecule has 1 aliphatic rings. The molecule has 1 aromatic heterocycles. The third-order valence-electron chi connectivity index (χ3n) is 3.85. The second-order valence-corrected chi connectivity index (χ2v) is 8.46. The fourth-order valence-electron chi connectivity index (χ4n) is 2.80. The maximum atomic E-state index is 12.4. The molecule has 0 unspecified atom stereocenters. The Hall–Kier alpha value is -0.980. The van der Waals surface area contributed by atoms with Crippen LogP contribution in [0.25, 0.3) is 0 Å². The number of carbonyl (C=O) groups is 1. The monoisotopic (exact) mass is 339 g/mol. The number of amides is 1. The van der Waals surface area contributed by atoms with E-state index in [0.29, 0.717) is 6.54 Å². The minimum Gasteiger partial charge on any atom is -0.373 e. The highest BCUT2D eigenvalue weighted by atomic mass is 32.1. The molecule has 2 atom stereocenters. The van der Waals surface area contributed by atoms with Gasteiger partial charge in [0.05, 0.1) is 22.9 Å². The Balaban J connectivity index is 1.87. The average Bonchev–Trinajstić information content (AvgIpc) is 2.79. The first-order valence-corrected chi connectivity index (χ1v) is 9.12. The second kappa shape index (κ2) is 7.28. The molecule has 1 aromatic rings. The standard InChI is InChI=1S/C17H29N3O2S/c1-11-9-20(10-12(2)22-11)8-7-18-15(21)14-13(3)19-16(23-14)17(4,5)6/h11-12H,7-10H2,1-6H3,(H,18,21)/t11-,12+. The number of ether oxygens (including phenoxy) is 1. The van der Waals surface area contributed by atoms with Gasteiger partial charge < -0.3 is 10.1 Å². The van der Waals surface area contributed by atoms with E-state index in [-0.39, 0.29) is 23.5 Å². The van der Waals surface area contributed by atoms with Crippen LogP contribution < -0.4 is 5.32 Å². The van der Waals surface area contributed by atoms with Crippen LogP contribution in [0.15, 0.2) is 0 Å². The van der Waals surface area contributed by atoms with Crippen molar-refractivity contribution in [2.75, 3.05) is 26.2 Å². The van der Waals surface area contributed by atoms with Gasteiger partial charge in [-0.3, -0.25) is 9.69 Å². The SMILES string of the molecule is Cc1nc(C(C)(C)C)sc1C(=O)NCCN1C[C@@H](C)O[C@@H](C)C1. The molecule has 5 nitrogen and oxygen atoms in total. The summed E-state index contributed by atoms with van der Waals surface area (Å²) in [5.41, 5.74) is 0.805. The van der Waals surface area contributed by atoms with E-state index in [1.807, 2.05) is 6.92 Å². The fourth-order valence-corrected chi connectivity index (χ4v) is 3.84. The predicted octanol–water partition coefficient (Wildman–Crippen LogP) is 2.59. The minimum absolute atomic E-state index is 0.00939. The fraction of sp³-hybridized carbons (Fsp3) is 0.765. The normalized spacial score (nSPS) is 23.0. The van der Waals surface area contributed by atoms with Crippen molar-refractivity contribution in [2.24, 2.45) is 0 Å². The lowest BCUT2D eigenvalue weighted by atomic mass is 9.98. The van der Waals surface area contributed by atoms with Gasteiger partial charge in [0.25, 0.3) is 5.91 Å². The smallest absolute Gasteiger partial charge is 0.263 e. The van der Waals surface area contributed by atoms with Crippen molar-refractivity contribution in [1.29, 1.82) is 0 Å². The maximum absolute atomic E-state index is 12.4. The van der Waals surface area contributed by atoms with Crippen LogP contribution in [0.5, 0.6) is 0 Å². The number of hydrogen-bond acceptors (Lipinski definition) is 5. The predicted molar refractivity (Wildman–Crippen MR) is 94.3 cm³/mol. The van der Waals surface area contributed by atoms with Crippen molar-refractivity contribution in [3.63, 3.8) is 0 Å². The molecule has 2 heterocycles. The molecule has 1 saturated heterocycles. The molecule has 1 aliphatic heterocycles. The van der Waals surface area contributed by atoms with Crippen molar-refractivity contribution in [2.45, 2.75) is 59.2 Å². The molecule has 0 saturated carbocycles. The topological polar surface area (TPSA) is 54.5 Å². The van der Waals surface area contributed by atoms with Gasteiger partial charge in [-0.2, -0.15) is 0 Å². The lowest BCUT2D eigenvalue weighted by Crippen LogP contribution is -2.47. The van der Waals surface area contributed by atoms with Gasteiger partial charge in [-0.1, -0.05) is 20.8 Å². The number of rotatable bonds is 4. The molecule has 23 heavy (non-hydrogen) atoms. The Morgan fingerprint density at radius 3 is 2.48 bits per heavy atom. The molecule has 1 amide bonds. The summed E-state index contributed by atoms with van der Waals surface area (Å²) in [6.45, 7) is 15.8. The first-order valence-electron chi connectivity index (χ1n) is 8.30. The first kappa shape index (κ1) is 18.4. The first-order chi connectivity index (χ1) is 10.7.